The number of pyridine rings is 1. The largest absolute Gasteiger partial charge is 0.480 e. The molecule has 1 heterocycles. The molecule has 0 aliphatic carbocycles. The minimum Gasteiger partial charge on any atom is -0.480 e. The lowest BCUT2D eigenvalue weighted by atomic mass is 10.3. The average molecular weight is 197 g/mol. The summed E-state index contributed by atoms with van der Waals surface area (Å²) in [6.07, 6.45) is 1.09. The molecule has 0 aromatic carbocycles. The maximum Gasteiger partial charge on any atom is 0.229 e. The maximum atomic E-state index is 12.7. The molecule has 2 nitrogen and oxygen atoms in total. The summed E-state index contributed by atoms with van der Waals surface area (Å²) in [7, 11) is 1.46. The van der Waals surface area contributed by atoms with Crippen molar-refractivity contribution in [2.75, 3.05) is 12.9 Å². The minimum absolute atomic E-state index is 0.329. The summed E-state index contributed by atoms with van der Waals surface area (Å²) in [5, 5.41) is 0. The summed E-state index contributed by atoms with van der Waals surface area (Å²) in [6, 6.07) is 1.28. The molecule has 1 aromatic rings. The van der Waals surface area contributed by atoms with Gasteiger partial charge in [-0.3, -0.25) is 0 Å². The minimum atomic E-state index is -0.427. The van der Waals surface area contributed by atoms with Crippen LogP contribution in [0.15, 0.2) is 12.3 Å². The molecule has 0 spiro atoms. The molecular formula is C9H8FNOS. The number of thiol groups is 1. The second-order valence-electron chi connectivity index (χ2n) is 2.17. The molecule has 0 N–H and O–H groups in total. The Morgan fingerprint density at radius 2 is 2.46 bits per heavy atom. The molecule has 0 saturated carbocycles. The Labute approximate surface area is 81.5 Å². The summed E-state index contributed by atoms with van der Waals surface area (Å²) in [6.45, 7) is 0. The van der Waals surface area contributed by atoms with Crippen LogP contribution in [-0.4, -0.2) is 17.8 Å². The smallest absolute Gasteiger partial charge is 0.229 e. The number of rotatable bonds is 1. The van der Waals surface area contributed by atoms with Gasteiger partial charge in [-0.1, -0.05) is 11.8 Å². The maximum absolute atomic E-state index is 12.7. The standard InChI is InChI=1S/C9H8FNOS/c1-12-9-7(3-2-4-13)5-8(10)6-11-9/h5-6,13H,4H2,1H3. The first-order valence-corrected chi connectivity index (χ1v) is 4.20. The van der Waals surface area contributed by atoms with Gasteiger partial charge in [-0.15, -0.1) is 0 Å². The van der Waals surface area contributed by atoms with E-state index in [1.807, 2.05) is 0 Å². The molecule has 4 heteroatoms. The van der Waals surface area contributed by atoms with Gasteiger partial charge >= 0.3 is 0 Å². The van der Waals surface area contributed by atoms with Crippen LogP contribution in [0.1, 0.15) is 5.56 Å². The third-order valence-corrected chi connectivity index (χ3v) is 1.47. The second-order valence-corrected chi connectivity index (χ2v) is 2.49. The van der Waals surface area contributed by atoms with Crippen molar-refractivity contribution in [1.82, 2.24) is 4.98 Å². The number of hydrogen-bond donors (Lipinski definition) is 1. The van der Waals surface area contributed by atoms with Crippen molar-refractivity contribution in [3.8, 4) is 17.7 Å². The highest BCUT2D eigenvalue weighted by Crippen LogP contribution is 2.13. The molecule has 1 rings (SSSR count). The highest BCUT2D eigenvalue weighted by molar-refractivity contribution is 7.80. The number of aromatic nitrogens is 1. The van der Waals surface area contributed by atoms with Gasteiger partial charge in [0.2, 0.25) is 5.88 Å². The van der Waals surface area contributed by atoms with Crippen molar-refractivity contribution in [3.05, 3.63) is 23.6 Å². The van der Waals surface area contributed by atoms with Crippen LogP contribution >= 0.6 is 12.6 Å². The van der Waals surface area contributed by atoms with E-state index in [0.717, 1.165) is 6.20 Å². The molecule has 0 aliphatic heterocycles. The van der Waals surface area contributed by atoms with Crippen molar-refractivity contribution in [3.63, 3.8) is 0 Å². The van der Waals surface area contributed by atoms with Gasteiger partial charge in [0.1, 0.15) is 5.82 Å². The Hall–Kier alpha value is -1.21. The van der Waals surface area contributed by atoms with E-state index < -0.39 is 5.82 Å². The number of halogens is 1. The summed E-state index contributed by atoms with van der Waals surface area (Å²) in [5.41, 5.74) is 0.441. The normalized spacial score (nSPS) is 8.85. The van der Waals surface area contributed by atoms with Crippen LogP contribution in [0.2, 0.25) is 0 Å². The molecule has 0 fully saturated rings. The fourth-order valence-electron chi connectivity index (χ4n) is 0.814. The zero-order valence-electron chi connectivity index (χ0n) is 7.04. The van der Waals surface area contributed by atoms with Gasteiger partial charge in [0.05, 0.1) is 24.6 Å². The zero-order chi connectivity index (χ0) is 9.68. The van der Waals surface area contributed by atoms with Gasteiger partial charge in [-0.2, -0.15) is 12.6 Å². The van der Waals surface area contributed by atoms with E-state index in [4.69, 9.17) is 4.74 Å². The van der Waals surface area contributed by atoms with Crippen LogP contribution in [0, 0.1) is 17.7 Å². The molecule has 0 atom stereocenters. The Morgan fingerprint density at radius 1 is 1.69 bits per heavy atom. The lowest BCUT2D eigenvalue weighted by Crippen LogP contribution is -1.92. The average Bonchev–Trinajstić information content (AvgIpc) is 2.15. The molecule has 68 valence electrons. The fraction of sp³-hybridized carbons (Fsp3) is 0.222. The van der Waals surface area contributed by atoms with E-state index in [-0.39, 0.29) is 0 Å². The van der Waals surface area contributed by atoms with Crippen LogP contribution < -0.4 is 4.74 Å². The van der Waals surface area contributed by atoms with E-state index in [1.165, 1.54) is 13.2 Å². The molecule has 0 unspecified atom stereocenters. The second kappa shape index (κ2) is 4.73. The molecule has 1 aromatic heterocycles. The highest BCUT2D eigenvalue weighted by Gasteiger charge is 2.02. The summed E-state index contributed by atoms with van der Waals surface area (Å²) in [4.78, 5) is 3.72. The quantitative estimate of drug-likeness (QED) is 0.544. The predicted octanol–water partition coefficient (Wildman–Crippen LogP) is 1.51. The SMILES string of the molecule is COc1ncc(F)cc1C#CCS. The van der Waals surface area contributed by atoms with Gasteiger partial charge in [0.25, 0.3) is 0 Å². The summed E-state index contributed by atoms with van der Waals surface area (Å²) >= 11 is 3.91. The van der Waals surface area contributed by atoms with E-state index in [9.17, 15) is 4.39 Å². The van der Waals surface area contributed by atoms with E-state index >= 15 is 0 Å². The van der Waals surface area contributed by atoms with E-state index in [0.29, 0.717) is 17.2 Å². The lowest BCUT2D eigenvalue weighted by Gasteiger charge is -2.00. The van der Waals surface area contributed by atoms with Crippen LogP contribution in [0.25, 0.3) is 0 Å². The first-order valence-electron chi connectivity index (χ1n) is 3.57. The van der Waals surface area contributed by atoms with Gasteiger partial charge in [0.15, 0.2) is 0 Å². The first-order chi connectivity index (χ1) is 6.27. The highest BCUT2D eigenvalue weighted by atomic mass is 32.1. The third kappa shape index (κ3) is 2.63. The molecular weight excluding hydrogens is 189 g/mol. The molecule has 0 radical (unpaired) electrons. The van der Waals surface area contributed by atoms with Crippen LogP contribution in [0.4, 0.5) is 4.39 Å². The number of methoxy groups -OCH3 is 1. The van der Waals surface area contributed by atoms with E-state index in [1.54, 1.807) is 0 Å². The molecule has 0 bridgehead atoms. The van der Waals surface area contributed by atoms with Crippen molar-refractivity contribution in [2.24, 2.45) is 0 Å². The van der Waals surface area contributed by atoms with E-state index in [2.05, 4.69) is 29.5 Å². The van der Waals surface area contributed by atoms with Crippen LogP contribution in [0.5, 0.6) is 5.88 Å². The summed E-state index contributed by atoms with van der Waals surface area (Å²) in [5.74, 6) is 5.71. The molecule has 0 saturated heterocycles. The van der Waals surface area contributed by atoms with Gasteiger partial charge in [0, 0.05) is 0 Å². The predicted molar refractivity (Wildman–Crippen MR) is 51.5 cm³/mol. The Morgan fingerprint density at radius 3 is 3.08 bits per heavy atom. The lowest BCUT2D eigenvalue weighted by molar-refractivity contribution is 0.394. The van der Waals surface area contributed by atoms with Gasteiger partial charge < -0.3 is 4.74 Å². The third-order valence-electron chi connectivity index (χ3n) is 1.31. The number of ether oxygens (including phenoxy) is 1. The Kier molecular flexibility index (Phi) is 3.59. The van der Waals surface area contributed by atoms with Crippen LogP contribution in [0.3, 0.4) is 0 Å². The Balaban J connectivity index is 3.08. The monoisotopic (exact) mass is 197 g/mol. The molecule has 0 amide bonds. The first kappa shape index (κ1) is 9.87. The van der Waals surface area contributed by atoms with Crippen molar-refractivity contribution in [2.45, 2.75) is 0 Å². The topological polar surface area (TPSA) is 22.1 Å². The molecule has 13 heavy (non-hydrogen) atoms. The van der Waals surface area contributed by atoms with Crippen molar-refractivity contribution >= 4 is 12.6 Å². The zero-order valence-corrected chi connectivity index (χ0v) is 7.94. The fourth-order valence-corrected chi connectivity index (χ4v) is 0.893. The van der Waals surface area contributed by atoms with Crippen LogP contribution in [-0.2, 0) is 0 Å². The van der Waals surface area contributed by atoms with Crippen molar-refractivity contribution < 1.29 is 9.13 Å². The molecule has 0 aliphatic rings. The summed E-state index contributed by atoms with van der Waals surface area (Å²) < 4.78 is 17.6. The Bertz CT molecular complexity index is 356. The number of hydrogen-bond acceptors (Lipinski definition) is 3. The van der Waals surface area contributed by atoms with Gasteiger partial charge in [-0.05, 0) is 6.07 Å². The number of nitrogens with zero attached hydrogens (tertiary/aromatic N) is 1. The van der Waals surface area contributed by atoms with Crippen molar-refractivity contribution in [1.29, 1.82) is 0 Å². The van der Waals surface area contributed by atoms with Gasteiger partial charge in [-0.25, -0.2) is 9.37 Å².